The van der Waals surface area contributed by atoms with Crippen molar-refractivity contribution in [1.82, 2.24) is 9.97 Å². The van der Waals surface area contributed by atoms with Crippen LogP contribution in [-0.4, -0.2) is 9.97 Å². The molecular formula is C20H12N2S2. The molecule has 0 amide bonds. The van der Waals surface area contributed by atoms with Gasteiger partial charge in [-0.05, 0) is 59.3 Å². The van der Waals surface area contributed by atoms with Gasteiger partial charge in [-0.3, -0.25) is 9.97 Å². The van der Waals surface area contributed by atoms with E-state index in [9.17, 15) is 0 Å². The van der Waals surface area contributed by atoms with Crippen molar-refractivity contribution in [2.75, 3.05) is 0 Å². The van der Waals surface area contributed by atoms with Crippen LogP contribution in [0.3, 0.4) is 0 Å². The summed E-state index contributed by atoms with van der Waals surface area (Å²) < 4.78 is 2.60. The Morgan fingerprint density at radius 1 is 0.583 bits per heavy atom. The van der Waals surface area contributed by atoms with Crippen LogP contribution < -0.4 is 0 Å². The molecule has 0 saturated heterocycles. The van der Waals surface area contributed by atoms with Gasteiger partial charge in [-0.2, -0.15) is 0 Å². The van der Waals surface area contributed by atoms with Crippen LogP contribution in [0.15, 0.2) is 73.1 Å². The van der Waals surface area contributed by atoms with E-state index in [4.69, 9.17) is 0 Å². The zero-order chi connectivity index (χ0) is 15.9. The Morgan fingerprint density at radius 3 is 1.50 bits per heavy atom. The maximum Gasteiger partial charge on any atom is 0.0802 e. The zero-order valence-electron chi connectivity index (χ0n) is 12.6. The first-order valence-electron chi connectivity index (χ1n) is 7.67. The Kier molecular flexibility index (Phi) is 3.18. The molecule has 5 aromatic rings. The van der Waals surface area contributed by atoms with Crippen LogP contribution >= 0.6 is 22.7 Å². The normalized spacial score (nSPS) is 11.3. The summed E-state index contributed by atoms with van der Waals surface area (Å²) in [4.78, 5) is 11.4. The van der Waals surface area contributed by atoms with Gasteiger partial charge >= 0.3 is 0 Å². The summed E-state index contributed by atoms with van der Waals surface area (Å²) in [5.41, 5.74) is 2.08. The van der Waals surface area contributed by atoms with Crippen molar-refractivity contribution < 1.29 is 0 Å². The largest absolute Gasteiger partial charge is 0.255 e. The number of thiophene rings is 2. The molecule has 0 aliphatic carbocycles. The Labute approximate surface area is 147 Å². The van der Waals surface area contributed by atoms with Crippen molar-refractivity contribution in [3.63, 3.8) is 0 Å². The maximum atomic E-state index is 4.46. The number of hydrogen-bond donors (Lipinski definition) is 0. The van der Waals surface area contributed by atoms with E-state index in [2.05, 4.69) is 46.4 Å². The highest BCUT2D eigenvalue weighted by atomic mass is 32.1. The molecule has 0 unspecified atom stereocenters. The van der Waals surface area contributed by atoms with Crippen LogP contribution in [0, 0.1) is 0 Å². The third-order valence-electron chi connectivity index (χ3n) is 3.99. The number of benzene rings is 1. The fraction of sp³-hybridized carbons (Fsp3) is 0. The van der Waals surface area contributed by atoms with Gasteiger partial charge in [0, 0.05) is 21.8 Å². The molecule has 0 radical (unpaired) electrons. The molecule has 0 aliphatic heterocycles. The molecule has 4 heterocycles. The van der Waals surface area contributed by atoms with Gasteiger partial charge in [0.1, 0.15) is 0 Å². The van der Waals surface area contributed by atoms with E-state index in [-0.39, 0.29) is 0 Å². The second kappa shape index (κ2) is 5.51. The molecule has 0 atom stereocenters. The number of hydrogen-bond acceptors (Lipinski definition) is 4. The maximum absolute atomic E-state index is 4.46. The van der Waals surface area contributed by atoms with Crippen LogP contribution in [0.25, 0.3) is 41.3 Å². The van der Waals surface area contributed by atoms with Gasteiger partial charge < -0.3 is 0 Å². The average molecular weight is 344 g/mol. The standard InChI is InChI=1S/C20H12N2S2/c1-3-7-21-15(5-1)19-11-13-9-18-14(10-17(13)23-19)12-20(24-18)16-6-2-4-8-22-16/h1-12H. The fourth-order valence-corrected chi connectivity index (χ4v) is 4.98. The average Bonchev–Trinajstić information content (AvgIpc) is 3.24. The number of nitrogens with zero attached hydrogens (tertiary/aromatic N) is 2. The first-order chi connectivity index (χ1) is 11.9. The SMILES string of the molecule is c1ccc(-c2cc3cc4sc(-c5ccccn5)cc4cc3s2)nc1. The van der Waals surface area contributed by atoms with E-state index >= 15 is 0 Å². The van der Waals surface area contributed by atoms with E-state index < -0.39 is 0 Å². The van der Waals surface area contributed by atoms with Gasteiger partial charge in [0.05, 0.1) is 21.1 Å². The van der Waals surface area contributed by atoms with Crippen LogP contribution in [0.4, 0.5) is 0 Å². The van der Waals surface area contributed by atoms with Crippen LogP contribution in [0.5, 0.6) is 0 Å². The Bertz CT molecular complexity index is 1000. The van der Waals surface area contributed by atoms with Crippen molar-refractivity contribution in [3.8, 4) is 21.1 Å². The smallest absolute Gasteiger partial charge is 0.0802 e. The summed E-state index contributed by atoms with van der Waals surface area (Å²) >= 11 is 3.59. The van der Waals surface area contributed by atoms with Crippen molar-refractivity contribution in [1.29, 1.82) is 0 Å². The van der Waals surface area contributed by atoms with Crippen LogP contribution in [0.1, 0.15) is 0 Å². The molecule has 114 valence electrons. The second-order valence-electron chi connectivity index (χ2n) is 5.58. The lowest BCUT2D eigenvalue weighted by Gasteiger charge is -1.92. The van der Waals surface area contributed by atoms with E-state index in [0.29, 0.717) is 0 Å². The zero-order valence-corrected chi connectivity index (χ0v) is 14.3. The number of fused-ring (bicyclic) bond motifs is 2. The van der Waals surface area contributed by atoms with Crippen molar-refractivity contribution in [3.05, 3.63) is 73.1 Å². The fourth-order valence-electron chi connectivity index (χ4n) is 2.84. The highest BCUT2D eigenvalue weighted by Gasteiger charge is 2.10. The van der Waals surface area contributed by atoms with Crippen LogP contribution in [-0.2, 0) is 0 Å². The molecule has 0 N–H and O–H groups in total. The molecule has 0 bridgehead atoms. The van der Waals surface area contributed by atoms with Gasteiger partial charge in [0.15, 0.2) is 0 Å². The lowest BCUT2D eigenvalue weighted by molar-refractivity contribution is 1.34. The summed E-state index contributed by atoms with van der Waals surface area (Å²) in [6, 6.07) is 21.1. The summed E-state index contributed by atoms with van der Waals surface area (Å²) in [5.74, 6) is 0. The van der Waals surface area contributed by atoms with Gasteiger partial charge in [-0.15, -0.1) is 22.7 Å². The second-order valence-corrected chi connectivity index (χ2v) is 7.75. The lowest BCUT2D eigenvalue weighted by Crippen LogP contribution is -1.75. The first-order valence-corrected chi connectivity index (χ1v) is 9.30. The monoisotopic (exact) mass is 344 g/mol. The first kappa shape index (κ1) is 13.8. The number of pyridine rings is 2. The minimum Gasteiger partial charge on any atom is -0.255 e. The molecule has 0 fully saturated rings. The molecule has 5 rings (SSSR count). The summed E-state index contributed by atoms with van der Waals surface area (Å²) in [6.07, 6.45) is 3.69. The minimum atomic E-state index is 1.04. The van der Waals surface area contributed by atoms with E-state index in [0.717, 1.165) is 11.4 Å². The quantitative estimate of drug-likeness (QED) is 0.379. The third-order valence-corrected chi connectivity index (χ3v) is 6.23. The Morgan fingerprint density at radius 2 is 1.08 bits per heavy atom. The topological polar surface area (TPSA) is 25.8 Å². The minimum absolute atomic E-state index is 1.04. The van der Waals surface area contributed by atoms with Crippen molar-refractivity contribution >= 4 is 42.8 Å². The predicted octanol–water partition coefficient (Wildman–Crippen LogP) is 6.24. The molecule has 4 heteroatoms. The molecule has 4 aromatic heterocycles. The number of rotatable bonds is 2. The molecule has 2 nitrogen and oxygen atoms in total. The number of aromatic nitrogens is 2. The molecule has 0 spiro atoms. The molecular weight excluding hydrogens is 332 g/mol. The molecule has 24 heavy (non-hydrogen) atoms. The summed E-state index contributed by atoms with van der Waals surface area (Å²) in [7, 11) is 0. The molecule has 0 aliphatic rings. The summed E-state index contributed by atoms with van der Waals surface area (Å²) in [5, 5.41) is 2.56. The molecule has 0 saturated carbocycles. The highest BCUT2D eigenvalue weighted by Crippen LogP contribution is 2.39. The van der Waals surface area contributed by atoms with Crippen LogP contribution in [0.2, 0.25) is 0 Å². The predicted molar refractivity (Wildman–Crippen MR) is 104 cm³/mol. The molecule has 1 aromatic carbocycles. The Balaban J connectivity index is 1.65. The van der Waals surface area contributed by atoms with Gasteiger partial charge in [-0.1, -0.05) is 12.1 Å². The third kappa shape index (κ3) is 2.31. The van der Waals surface area contributed by atoms with Crippen molar-refractivity contribution in [2.45, 2.75) is 0 Å². The van der Waals surface area contributed by atoms with Gasteiger partial charge in [0.2, 0.25) is 0 Å². The van der Waals surface area contributed by atoms with E-state index in [1.165, 1.54) is 29.9 Å². The van der Waals surface area contributed by atoms with E-state index in [1.807, 2.05) is 36.7 Å². The summed E-state index contributed by atoms with van der Waals surface area (Å²) in [6.45, 7) is 0. The van der Waals surface area contributed by atoms with Gasteiger partial charge in [0.25, 0.3) is 0 Å². The Hall–Kier alpha value is -2.56. The van der Waals surface area contributed by atoms with Gasteiger partial charge in [-0.25, -0.2) is 0 Å². The lowest BCUT2D eigenvalue weighted by atomic mass is 10.2. The highest BCUT2D eigenvalue weighted by molar-refractivity contribution is 7.23. The van der Waals surface area contributed by atoms with Crippen molar-refractivity contribution in [2.24, 2.45) is 0 Å². The van der Waals surface area contributed by atoms with E-state index in [1.54, 1.807) is 22.7 Å².